The summed E-state index contributed by atoms with van der Waals surface area (Å²) in [5, 5.41) is 25.3. The number of nitrogens with zero attached hydrogens (tertiary/aromatic N) is 1. The van der Waals surface area contributed by atoms with Gasteiger partial charge in [0.1, 0.15) is 18.1 Å². The summed E-state index contributed by atoms with van der Waals surface area (Å²) in [6, 6.07) is -5.44. The fourth-order valence-corrected chi connectivity index (χ4v) is 3.23. The number of carbonyl (C=O) groups excluding carboxylic acids is 4. The molecule has 1 rings (SSSR count). The van der Waals surface area contributed by atoms with Gasteiger partial charge in [-0.15, -0.1) is 0 Å². The number of hydrogen-bond donors (Lipinski definition) is 9. The summed E-state index contributed by atoms with van der Waals surface area (Å²) in [5.41, 5.74) is 16.8. The molecule has 4 unspecified atom stereocenters. The minimum Gasteiger partial charge on any atom is -0.481 e. The van der Waals surface area contributed by atoms with Gasteiger partial charge in [-0.05, 0) is 25.8 Å². The topological polar surface area (TPSA) is 286 Å². The average Bonchev–Trinajstić information content (AvgIpc) is 3.33. The Kier molecular flexibility index (Phi) is 13.3. The Bertz CT molecular complexity index is 939. The Morgan fingerprint density at radius 1 is 0.919 bits per heavy atom. The van der Waals surface area contributed by atoms with E-state index in [2.05, 4.69) is 25.9 Å². The highest BCUT2D eigenvalue weighted by atomic mass is 16.4. The lowest BCUT2D eigenvalue weighted by Crippen LogP contribution is -2.58. The van der Waals surface area contributed by atoms with E-state index >= 15 is 0 Å². The number of nitrogens with one attached hydrogen (secondary N) is 4. The lowest BCUT2D eigenvalue weighted by molar-refractivity contribution is -0.143. The summed E-state index contributed by atoms with van der Waals surface area (Å²) < 4.78 is 0. The van der Waals surface area contributed by atoms with Gasteiger partial charge in [-0.3, -0.25) is 24.0 Å². The van der Waals surface area contributed by atoms with Gasteiger partial charge < -0.3 is 48.3 Å². The van der Waals surface area contributed by atoms with Crippen LogP contribution in [0.25, 0.3) is 0 Å². The second-order valence-electron chi connectivity index (χ2n) is 8.30. The third kappa shape index (κ3) is 12.0. The maximum absolute atomic E-state index is 12.9. The fourth-order valence-electron chi connectivity index (χ4n) is 3.23. The van der Waals surface area contributed by atoms with Gasteiger partial charge in [0.25, 0.3) is 0 Å². The molecule has 0 aliphatic heterocycles. The van der Waals surface area contributed by atoms with E-state index in [0.717, 1.165) is 0 Å². The molecule has 1 aromatic rings. The lowest BCUT2D eigenvalue weighted by Gasteiger charge is -2.24. The number of unbranched alkanes of at least 4 members (excludes halogenated alkanes) is 1. The molecule has 0 spiro atoms. The van der Waals surface area contributed by atoms with E-state index in [0.29, 0.717) is 25.1 Å². The van der Waals surface area contributed by atoms with Crippen LogP contribution in [-0.4, -0.2) is 86.5 Å². The number of aliphatic carboxylic acids is 2. The maximum atomic E-state index is 12.9. The molecule has 4 atom stereocenters. The van der Waals surface area contributed by atoms with Crippen LogP contribution in [0.2, 0.25) is 0 Å². The fraction of sp³-hybridized carbons (Fsp3) is 0.571. The quantitative estimate of drug-likeness (QED) is 0.0853. The number of imidazole rings is 1. The summed E-state index contributed by atoms with van der Waals surface area (Å²) in [4.78, 5) is 78.8. The van der Waals surface area contributed by atoms with Crippen LogP contribution >= 0.6 is 0 Å². The van der Waals surface area contributed by atoms with Crippen molar-refractivity contribution in [1.82, 2.24) is 25.9 Å². The number of carboxylic acid groups (broad SMARTS) is 2. The van der Waals surface area contributed by atoms with Crippen molar-refractivity contribution in [1.29, 1.82) is 0 Å². The van der Waals surface area contributed by atoms with Crippen LogP contribution in [0.3, 0.4) is 0 Å². The van der Waals surface area contributed by atoms with Crippen molar-refractivity contribution in [3.63, 3.8) is 0 Å². The molecule has 0 aromatic carbocycles. The minimum atomic E-state index is -1.51. The number of aromatic amines is 1. The van der Waals surface area contributed by atoms with Crippen LogP contribution in [0.1, 0.15) is 44.2 Å². The molecule has 1 aromatic heterocycles. The van der Waals surface area contributed by atoms with Crippen molar-refractivity contribution >= 4 is 35.6 Å². The first-order chi connectivity index (χ1) is 17.4. The van der Waals surface area contributed by atoms with E-state index in [1.807, 2.05) is 0 Å². The van der Waals surface area contributed by atoms with Crippen LogP contribution in [-0.2, 0) is 35.2 Å². The van der Waals surface area contributed by atoms with Crippen LogP contribution in [0.5, 0.6) is 0 Å². The second-order valence-corrected chi connectivity index (χ2v) is 8.30. The predicted octanol–water partition coefficient (Wildman–Crippen LogP) is -3.31. The Hall–Kier alpha value is -4.05. The van der Waals surface area contributed by atoms with Gasteiger partial charge >= 0.3 is 11.9 Å². The molecule has 16 nitrogen and oxygen atoms in total. The molecule has 0 fully saturated rings. The van der Waals surface area contributed by atoms with E-state index in [1.165, 1.54) is 12.5 Å². The van der Waals surface area contributed by atoms with E-state index in [1.54, 1.807) is 0 Å². The molecule has 4 amide bonds. The smallest absolute Gasteiger partial charge is 0.326 e. The molecule has 0 saturated heterocycles. The number of aromatic nitrogens is 2. The summed E-state index contributed by atoms with van der Waals surface area (Å²) in [7, 11) is 0. The Morgan fingerprint density at radius 3 is 2.08 bits per heavy atom. The molecule has 12 N–H and O–H groups in total. The number of hydrogen-bond acceptors (Lipinski definition) is 9. The average molecular weight is 527 g/mol. The van der Waals surface area contributed by atoms with Crippen LogP contribution < -0.4 is 33.2 Å². The molecule has 0 bridgehead atoms. The zero-order valence-electron chi connectivity index (χ0n) is 20.1. The molecule has 37 heavy (non-hydrogen) atoms. The number of rotatable bonds is 18. The standard InChI is InChI=1S/C21H34N8O8/c22-6-2-1-3-12(23)18(33)28-14(8-16(24)30)20(35)27-13(4-5-17(31)32)19(34)29-15(21(36)37)7-11-9-25-10-26-11/h9-10,12-15H,1-8,22-23H2,(H2,24,30)(H,25,26)(H,27,35)(H,28,33)(H,29,34)(H,31,32)(H,36,37). The van der Waals surface area contributed by atoms with Crippen LogP contribution in [0.4, 0.5) is 0 Å². The number of primary amides is 1. The molecule has 206 valence electrons. The monoisotopic (exact) mass is 526 g/mol. The first-order valence-electron chi connectivity index (χ1n) is 11.5. The van der Waals surface area contributed by atoms with Crippen molar-refractivity contribution in [2.24, 2.45) is 17.2 Å². The van der Waals surface area contributed by atoms with Crippen molar-refractivity contribution in [3.05, 3.63) is 18.2 Å². The molecule has 0 radical (unpaired) electrons. The summed E-state index contributed by atoms with van der Waals surface area (Å²) in [6.07, 6.45) is 2.40. The zero-order valence-corrected chi connectivity index (χ0v) is 20.1. The van der Waals surface area contributed by atoms with Crippen molar-refractivity contribution in [2.45, 2.75) is 69.1 Å². The number of amides is 4. The summed E-state index contributed by atoms with van der Waals surface area (Å²) in [5.74, 6) is -6.32. The van der Waals surface area contributed by atoms with Gasteiger partial charge in [0.2, 0.25) is 23.6 Å². The van der Waals surface area contributed by atoms with E-state index in [4.69, 9.17) is 22.3 Å². The molecular formula is C21H34N8O8. The van der Waals surface area contributed by atoms with Crippen molar-refractivity contribution in [3.8, 4) is 0 Å². The molecular weight excluding hydrogens is 492 g/mol. The summed E-state index contributed by atoms with van der Waals surface area (Å²) in [6.45, 7) is 0.408. The highest BCUT2D eigenvalue weighted by Gasteiger charge is 2.31. The molecule has 0 saturated carbocycles. The Morgan fingerprint density at radius 2 is 1.54 bits per heavy atom. The van der Waals surface area contributed by atoms with Gasteiger partial charge in [0, 0.05) is 24.7 Å². The van der Waals surface area contributed by atoms with Gasteiger partial charge in [-0.25, -0.2) is 9.78 Å². The van der Waals surface area contributed by atoms with E-state index < -0.39 is 79.0 Å². The molecule has 0 aliphatic rings. The Labute approximate surface area is 212 Å². The van der Waals surface area contributed by atoms with Crippen molar-refractivity contribution in [2.75, 3.05) is 6.54 Å². The maximum Gasteiger partial charge on any atom is 0.326 e. The highest BCUT2D eigenvalue weighted by Crippen LogP contribution is 2.05. The lowest BCUT2D eigenvalue weighted by atomic mass is 10.1. The SMILES string of the molecule is NCCCCC(N)C(=O)NC(CC(N)=O)C(=O)NC(CCC(=O)O)C(=O)NC(Cc1cnc[nH]1)C(=O)O. The summed E-state index contributed by atoms with van der Waals surface area (Å²) >= 11 is 0. The predicted molar refractivity (Wildman–Crippen MR) is 127 cm³/mol. The molecule has 1 heterocycles. The van der Waals surface area contributed by atoms with Gasteiger partial charge in [-0.1, -0.05) is 6.42 Å². The largest absolute Gasteiger partial charge is 0.481 e. The highest BCUT2D eigenvalue weighted by molar-refractivity contribution is 5.96. The molecule has 16 heteroatoms. The minimum absolute atomic E-state index is 0.164. The van der Waals surface area contributed by atoms with E-state index in [9.17, 15) is 33.9 Å². The number of H-pyrrole nitrogens is 1. The number of carboxylic acids is 2. The first-order valence-corrected chi connectivity index (χ1v) is 11.5. The third-order valence-electron chi connectivity index (χ3n) is 5.22. The van der Waals surface area contributed by atoms with Crippen molar-refractivity contribution < 1.29 is 39.0 Å². The second kappa shape index (κ2) is 15.8. The molecule has 0 aliphatic carbocycles. The number of nitrogens with two attached hydrogens (primary N) is 3. The van der Waals surface area contributed by atoms with Crippen LogP contribution in [0, 0.1) is 0 Å². The van der Waals surface area contributed by atoms with E-state index in [-0.39, 0.29) is 12.8 Å². The third-order valence-corrected chi connectivity index (χ3v) is 5.22. The Balaban J connectivity index is 2.98. The van der Waals surface area contributed by atoms with Crippen LogP contribution in [0.15, 0.2) is 12.5 Å². The van der Waals surface area contributed by atoms with Gasteiger partial charge in [0.05, 0.1) is 18.8 Å². The van der Waals surface area contributed by atoms with Gasteiger partial charge in [0.15, 0.2) is 0 Å². The normalized spacial score (nSPS) is 14.0. The zero-order chi connectivity index (χ0) is 28.0. The number of carbonyl (C=O) groups is 6. The van der Waals surface area contributed by atoms with Gasteiger partial charge in [-0.2, -0.15) is 0 Å². The first kappa shape index (κ1) is 31.0.